The Balaban J connectivity index is 1.89. The van der Waals surface area contributed by atoms with Gasteiger partial charge in [-0.3, -0.25) is 4.79 Å². The van der Waals surface area contributed by atoms with Gasteiger partial charge in [0.15, 0.2) is 0 Å². The normalized spacial score (nSPS) is 12.3. The van der Waals surface area contributed by atoms with Crippen molar-refractivity contribution in [1.29, 1.82) is 0 Å². The molecular formula is C18H15Cl2NOS. The van der Waals surface area contributed by atoms with Crippen molar-refractivity contribution < 1.29 is 4.79 Å². The molecule has 0 radical (unpaired) electrons. The van der Waals surface area contributed by atoms with E-state index in [9.17, 15) is 4.79 Å². The molecule has 1 heterocycles. The molecule has 1 aromatic heterocycles. The molecule has 1 amide bonds. The minimum atomic E-state index is -0.150. The second-order valence-corrected chi connectivity index (χ2v) is 7.10. The highest BCUT2D eigenvalue weighted by atomic mass is 35.5. The first-order valence-electron chi connectivity index (χ1n) is 7.33. The fraction of sp³-hybridized carbons (Fsp3) is 0.167. The molecule has 3 aromatic rings. The van der Waals surface area contributed by atoms with Crippen molar-refractivity contribution in [3.63, 3.8) is 0 Å². The van der Waals surface area contributed by atoms with E-state index in [1.807, 2.05) is 49.4 Å². The Morgan fingerprint density at radius 2 is 1.91 bits per heavy atom. The highest BCUT2D eigenvalue weighted by Gasteiger charge is 2.20. The molecule has 0 saturated heterocycles. The van der Waals surface area contributed by atoms with E-state index in [1.54, 1.807) is 6.07 Å². The third-order valence-electron chi connectivity index (χ3n) is 3.71. The van der Waals surface area contributed by atoms with Gasteiger partial charge in [0.2, 0.25) is 0 Å². The van der Waals surface area contributed by atoms with Crippen molar-refractivity contribution in [2.24, 2.45) is 0 Å². The maximum atomic E-state index is 12.6. The summed E-state index contributed by atoms with van der Waals surface area (Å²) in [6.45, 7) is 2.05. The lowest BCUT2D eigenvalue weighted by molar-refractivity contribution is 0.0940. The van der Waals surface area contributed by atoms with E-state index in [4.69, 9.17) is 23.2 Å². The standard InChI is InChI=1S/C18H15Cl2NOS/c1-2-14(11-6-4-3-5-7-11)21-18(22)17-16(20)13-9-8-12(19)10-15(13)23-17/h3-10,14H,2H2,1H3,(H,21,22)/t14-/m1/s1. The number of hydrogen-bond donors (Lipinski definition) is 1. The van der Waals surface area contributed by atoms with Crippen LogP contribution in [0.2, 0.25) is 10.0 Å². The molecule has 1 atom stereocenters. The number of carbonyl (C=O) groups is 1. The lowest BCUT2D eigenvalue weighted by atomic mass is 10.0. The summed E-state index contributed by atoms with van der Waals surface area (Å²) in [5.74, 6) is -0.150. The Hall–Kier alpha value is -1.55. The summed E-state index contributed by atoms with van der Waals surface area (Å²) in [6, 6.07) is 15.4. The fourth-order valence-electron chi connectivity index (χ4n) is 2.52. The van der Waals surface area contributed by atoms with E-state index in [-0.39, 0.29) is 11.9 Å². The van der Waals surface area contributed by atoms with Crippen LogP contribution in [-0.4, -0.2) is 5.91 Å². The summed E-state index contributed by atoms with van der Waals surface area (Å²) in [5.41, 5.74) is 1.09. The van der Waals surface area contributed by atoms with Crippen LogP contribution in [0, 0.1) is 0 Å². The molecule has 0 bridgehead atoms. The lowest BCUT2D eigenvalue weighted by Gasteiger charge is -2.17. The summed E-state index contributed by atoms with van der Waals surface area (Å²) in [7, 11) is 0. The smallest absolute Gasteiger partial charge is 0.263 e. The second-order valence-electron chi connectivity index (χ2n) is 5.23. The van der Waals surface area contributed by atoms with Gasteiger partial charge in [-0.1, -0.05) is 66.5 Å². The first-order chi connectivity index (χ1) is 11.1. The Bertz CT molecular complexity index is 845. The molecule has 0 saturated carbocycles. The number of nitrogens with one attached hydrogen (secondary N) is 1. The van der Waals surface area contributed by atoms with Crippen LogP contribution in [0.4, 0.5) is 0 Å². The lowest BCUT2D eigenvalue weighted by Crippen LogP contribution is -2.27. The summed E-state index contributed by atoms with van der Waals surface area (Å²) >= 11 is 13.8. The van der Waals surface area contributed by atoms with E-state index < -0.39 is 0 Å². The van der Waals surface area contributed by atoms with Gasteiger partial charge < -0.3 is 5.32 Å². The molecule has 3 rings (SSSR count). The van der Waals surface area contributed by atoms with E-state index in [0.717, 1.165) is 22.1 Å². The monoisotopic (exact) mass is 363 g/mol. The van der Waals surface area contributed by atoms with E-state index in [1.165, 1.54) is 11.3 Å². The van der Waals surface area contributed by atoms with Gasteiger partial charge in [-0.25, -0.2) is 0 Å². The molecule has 0 aliphatic heterocycles. The second kappa shape index (κ2) is 6.91. The maximum Gasteiger partial charge on any atom is 0.263 e. The van der Waals surface area contributed by atoms with Crippen molar-refractivity contribution >= 4 is 50.5 Å². The average Bonchev–Trinajstić information content (AvgIpc) is 2.89. The summed E-state index contributed by atoms with van der Waals surface area (Å²) < 4.78 is 0.917. The quantitative estimate of drug-likeness (QED) is 0.596. The maximum absolute atomic E-state index is 12.6. The Morgan fingerprint density at radius 3 is 2.61 bits per heavy atom. The van der Waals surface area contributed by atoms with Gasteiger partial charge in [-0.15, -0.1) is 11.3 Å². The number of rotatable bonds is 4. The fourth-order valence-corrected chi connectivity index (χ4v) is 4.21. The molecule has 2 aromatic carbocycles. The largest absolute Gasteiger partial charge is 0.345 e. The number of thiophene rings is 1. The molecule has 23 heavy (non-hydrogen) atoms. The minimum absolute atomic E-state index is 0.0337. The first-order valence-corrected chi connectivity index (χ1v) is 8.90. The zero-order chi connectivity index (χ0) is 16.4. The zero-order valence-corrected chi connectivity index (χ0v) is 14.8. The van der Waals surface area contributed by atoms with Crippen molar-refractivity contribution in [3.8, 4) is 0 Å². The number of fused-ring (bicyclic) bond motifs is 1. The average molecular weight is 364 g/mol. The molecule has 118 valence electrons. The van der Waals surface area contributed by atoms with Gasteiger partial charge in [-0.05, 0) is 24.1 Å². The van der Waals surface area contributed by atoms with Crippen LogP contribution in [0.3, 0.4) is 0 Å². The Labute approximate surface area is 149 Å². The molecule has 1 N–H and O–H groups in total. The van der Waals surface area contributed by atoms with E-state index >= 15 is 0 Å². The number of hydrogen-bond acceptors (Lipinski definition) is 2. The van der Waals surface area contributed by atoms with Crippen molar-refractivity contribution in [1.82, 2.24) is 5.32 Å². The molecule has 0 fully saturated rings. The van der Waals surface area contributed by atoms with Crippen LogP contribution in [-0.2, 0) is 0 Å². The third-order valence-corrected chi connectivity index (χ3v) is 5.60. The van der Waals surface area contributed by atoms with Crippen molar-refractivity contribution in [2.75, 3.05) is 0 Å². The Morgan fingerprint density at radius 1 is 1.17 bits per heavy atom. The van der Waals surface area contributed by atoms with Crippen molar-refractivity contribution in [3.05, 3.63) is 69.0 Å². The van der Waals surface area contributed by atoms with E-state index in [2.05, 4.69) is 5.32 Å². The molecule has 2 nitrogen and oxygen atoms in total. The van der Waals surface area contributed by atoms with E-state index in [0.29, 0.717) is 14.9 Å². The van der Waals surface area contributed by atoms with Gasteiger partial charge >= 0.3 is 0 Å². The van der Waals surface area contributed by atoms with Gasteiger partial charge in [0.05, 0.1) is 11.1 Å². The molecule has 5 heteroatoms. The third kappa shape index (κ3) is 3.37. The topological polar surface area (TPSA) is 29.1 Å². The molecular weight excluding hydrogens is 349 g/mol. The highest BCUT2D eigenvalue weighted by molar-refractivity contribution is 7.21. The predicted octanol–water partition coefficient (Wildman–Crippen LogP) is 6.09. The summed E-state index contributed by atoms with van der Waals surface area (Å²) in [5, 5.41) is 5.06. The first kappa shape index (κ1) is 16.3. The minimum Gasteiger partial charge on any atom is -0.345 e. The summed E-state index contributed by atoms with van der Waals surface area (Å²) in [6.07, 6.45) is 0.810. The van der Waals surface area contributed by atoms with Crippen LogP contribution in [0.5, 0.6) is 0 Å². The van der Waals surface area contributed by atoms with Crippen LogP contribution in [0.25, 0.3) is 10.1 Å². The zero-order valence-electron chi connectivity index (χ0n) is 12.5. The van der Waals surface area contributed by atoms with Gasteiger partial charge in [0, 0.05) is 15.1 Å². The number of halogens is 2. The number of benzene rings is 2. The van der Waals surface area contributed by atoms with Gasteiger partial charge in [-0.2, -0.15) is 0 Å². The molecule has 0 spiro atoms. The van der Waals surface area contributed by atoms with Crippen LogP contribution < -0.4 is 5.32 Å². The predicted molar refractivity (Wildman–Crippen MR) is 98.8 cm³/mol. The van der Waals surface area contributed by atoms with Crippen molar-refractivity contribution in [2.45, 2.75) is 19.4 Å². The SMILES string of the molecule is CC[C@@H](NC(=O)c1sc2cc(Cl)ccc2c1Cl)c1ccccc1. The Kier molecular flexibility index (Phi) is 4.90. The number of carbonyl (C=O) groups excluding carboxylic acids is 1. The summed E-state index contributed by atoms with van der Waals surface area (Å²) in [4.78, 5) is 13.2. The number of amides is 1. The van der Waals surface area contributed by atoms with Crippen LogP contribution >= 0.6 is 34.5 Å². The molecule has 0 aliphatic carbocycles. The van der Waals surface area contributed by atoms with Crippen LogP contribution in [0.1, 0.15) is 34.6 Å². The van der Waals surface area contributed by atoms with Gasteiger partial charge in [0.25, 0.3) is 5.91 Å². The molecule has 0 aliphatic rings. The van der Waals surface area contributed by atoms with Gasteiger partial charge in [0.1, 0.15) is 4.88 Å². The highest BCUT2D eigenvalue weighted by Crippen LogP contribution is 2.37. The molecule has 0 unspecified atom stereocenters. The van der Waals surface area contributed by atoms with Crippen LogP contribution in [0.15, 0.2) is 48.5 Å².